The highest BCUT2D eigenvalue weighted by Crippen LogP contribution is 2.32. The number of fused-ring (bicyclic) bond motifs is 2. The Hall–Kier alpha value is -3.27. The molecule has 4 heterocycles. The Morgan fingerprint density at radius 1 is 1.34 bits per heavy atom. The molecule has 1 amide bonds. The summed E-state index contributed by atoms with van der Waals surface area (Å²) in [4.78, 5) is 29.4. The molecule has 0 unspecified atom stereocenters. The Labute approximate surface area is 186 Å². The number of aromatic amines is 1. The Morgan fingerprint density at radius 3 is 2.84 bits per heavy atom. The zero-order chi connectivity index (χ0) is 23.0. The van der Waals surface area contributed by atoms with Gasteiger partial charge in [-0.3, -0.25) is 9.48 Å². The van der Waals surface area contributed by atoms with E-state index in [1.54, 1.807) is 47.9 Å². The molecule has 3 aromatic heterocycles. The number of carbonyl (C=O) groups excluding carboxylic acids is 1. The lowest BCUT2D eigenvalue weighted by Crippen LogP contribution is -2.41. The van der Waals surface area contributed by atoms with E-state index in [4.69, 9.17) is 4.74 Å². The monoisotopic (exact) mass is 460 g/mol. The Bertz CT molecular complexity index is 1300. The van der Waals surface area contributed by atoms with Gasteiger partial charge in [0.1, 0.15) is 17.1 Å². The second-order valence-corrected chi connectivity index (χ2v) is 9.29. The molecule has 7 nitrogen and oxygen atoms in total. The van der Waals surface area contributed by atoms with Crippen molar-refractivity contribution in [1.29, 1.82) is 0 Å². The third-order valence-corrected chi connectivity index (χ3v) is 5.82. The second kappa shape index (κ2) is 8.34. The van der Waals surface area contributed by atoms with Gasteiger partial charge in [-0.05, 0) is 44.4 Å². The maximum absolute atomic E-state index is 14.2. The van der Waals surface area contributed by atoms with Gasteiger partial charge in [0.2, 0.25) is 0 Å². The van der Waals surface area contributed by atoms with Crippen LogP contribution in [0.4, 0.5) is 13.6 Å². The van der Waals surface area contributed by atoms with Gasteiger partial charge in [0.25, 0.3) is 5.56 Å². The van der Waals surface area contributed by atoms with Crippen LogP contribution in [-0.2, 0) is 17.8 Å². The summed E-state index contributed by atoms with van der Waals surface area (Å²) in [6.07, 6.45) is 1.57. The quantitative estimate of drug-likeness (QED) is 0.558. The third-order valence-electron chi connectivity index (χ3n) is 4.87. The van der Waals surface area contributed by atoms with Gasteiger partial charge in [-0.2, -0.15) is 5.10 Å². The van der Waals surface area contributed by atoms with Gasteiger partial charge in [0.15, 0.2) is 0 Å². The van der Waals surface area contributed by atoms with Gasteiger partial charge in [-0.25, -0.2) is 13.6 Å². The van der Waals surface area contributed by atoms with E-state index in [1.165, 1.54) is 17.4 Å². The molecule has 1 aliphatic rings. The topological polar surface area (TPSA) is 80.2 Å². The molecule has 0 radical (unpaired) electrons. The Morgan fingerprint density at radius 2 is 2.12 bits per heavy atom. The van der Waals surface area contributed by atoms with Crippen molar-refractivity contribution in [3.63, 3.8) is 0 Å². The number of allylic oxidation sites excluding steroid dienone is 2. The van der Waals surface area contributed by atoms with Crippen LogP contribution in [0.2, 0.25) is 0 Å². The zero-order valence-corrected chi connectivity index (χ0v) is 18.6. The first-order valence-electron chi connectivity index (χ1n) is 9.99. The number of carbonyl (C=O) groups is 1. The van der Waals surface area contributed by atoms with Crippen molar-refractivity contribution in [3.05, 3.63) is 57.4 Å². The van der Waals surface area contributed by atoms with Gasteiger partial charge in [-0.15, -0.1) is 11.3 Å². The predicted molar refractivity (Wildman–Crippen MR) is 120 cm³/mol. The molecule has 168 valence electrons. The van der Waals surface area contributed by atoms with Crippen molar-refractivity contribution in [2.24, 2.45) is 0 Å². The summed E-state index contributed by atoms with van der Waals surface area (Å²) in [5.41, 5.74) is 0.999. The zero-order valence-electron chi connectivity index (χ0n) is 17.8. The number of H-pyrrole nitrogens is 1. The molecular weight excluding hydrogens is 438 g/mol. The highest BCUT2D eigenvalue weighted by Gasteiger charge is 2.27. The van der Waals surface area contributed by atoms with Crippen molar-refractivity contribution in [3.8, 4) is 11.4 Å². The normalized spacial score (nSPS) is 14.9. The lowest BCUT2D eigenvalue weighted by molar-refractivity contribution is 0.0194. The Kier molecular flexibility index (Phi) is 5.72. The van der Waals surface area contributed by atoms with Crippen molar-refractivity contribution in [1.82, 2.24) is 19.7 Å². The van der Waals surface area contributed by atoms with E-state index in [9.17, 15) is 18.4 Å². The summed E-state index contributed by atoms with van der Waals surface area (Å²) >= 11 is 1.29. The molecule has 0 spiro atoms. The van der Waals surface area contributed by atoms with Gasteiger partial charge in [0, 0.05) is 22.9 Å². The summed E-state index contributed by atoms with van der Waals surface area (Å²) in [5, 5.41) is 6.72. The smallest absolute Gasteiger partial charge is 0.410 e. The summed E-state index contributed by atoms with van der Waals surface area (Å²) < 4.78 is 34.4. The molecule has 0 bridgehead atoms. The summed E-state index contributed by atoms with van der Waals surface area (Å²) in [6, 6.07) is 3.40. The number of ether oxygens (including phenoxy) is 1. The average Bonchev–Trinajstić information content (AvgIpc) is 3.35. The number of aromatic nitrogens is 3. The van der Waals surface area contributed by atoms with Crippen LogP contribution in [0, 0.1) is 0 Å². The van der Waals surface area contributed by atoms with Crippen molar-refractivity contribution in [2.45, 2.75) is 39.5 Å². The van der Waals surface area contributed by atoms with Crippen LogP contribution >= 0.6 is 11.3 Å². The van der Waals surface area contributed by atoms with Crippen molar-refractivity contribution >= 4 is 33.6 Å². The molecule has 1 N–H and O–H groups in total. The molecule has 0 saturated heterocycles. The minimum atomic E-state index is -0.796. The minimum absolute atomic E-state index is 0.114. The first-order valence-corrected chi connectivity index (χ1v) is 10.9. The van der Waals surface area contributed by atoms with E-state index in [1.807, 2.05) is 0 Å². The number of pyridine rings is 1. The fourth-order valence-electron chi connectivity index (χ4n) is 3.52. The number of hydrogen-bond acceptors (Lipinski definition) is 5. The third kappa shape index (κ3) is 4.36. The van der Waals surface area contributed by atoms with E-state index in [-0.39, 0.29) is 18.4 Å². The summed E-state index contributed by atoms with van der Waals surface area (Å²) in [6.45, 7) is 6.58. The summed E-state index contributed by atoms with van der Waals surface area (Å²) in [7, 11) is 0. The average molecular weight is 461 g/mol. The minimum Gasteiger partial charge on any atom is -0.444 e. The van der Waals surface area contributed by atoms with Crippen LogP contribution in [0.3, 0.4) is 0 Å². The maximum atomic E-state index is 14.2. The molecule has 0 aliphatic carbocycles. The van der Waals surface area contributed by atoms with E-state index >= 15 is 0 Å². The van der Waals surface area contributed by atoms with Crippen LogP contribution in [0.15, 0.2) is 40.5 Å². The molecule has 10 heteroatoms. The van der Waals surface area contributed by atoms with Crippen LogP contribution in [0.5, 0.6) is 0 Å². The fraction of sp³-hybridized carbons (Fsp3) is 0.318. The molecule has 4 rings (SSSR count). The molecule has 0 atom stereocenters. The molecule has 32 heavy (non-hydrogen) atoms. The number of nitrogens with zero attached hydrogens (tertiary/aromatic N) is 3. The molecule has 1 aliphatic heterocycles. The van der Waals surface area contributed by atoms with E-state index in [0.717, 1.165) is 5.69 Å². The highest BCUT2D eigenvalue weighted by molar-refractivity contribution is 7.17. The largest absolute Gasteiger partial charge is 0.444 e. The number of amides is 1. The number of thiophene rings is 1. The lowest BCUT2D eigenvalue weighted by atomic mass is 10.1. The molecule has 3 aromatic rings. The van der Waals surface area contributed by atoms with Crippen LogP contribution < -0.4 is 5.56 Å². The number of nitrogens with one attached hydrogen (secondary N) is 1. The fourth-order valence-corrected chi connectivity index (χ4v) is 4.43. The maximum Gasteiger partial charge on any atom is 0.410 e. The SMILES string of the molecule is CC(C)(C)OC(=O)N1CCn2nc(-c3[nH]c(=O)c4ccsc4c3C=C(F)/C=C/F)cc2C1. The van der Waals surface area contributed by atoms with E-state index in [0.29, 0.717) is 46.2 Å². The van der Waals surface area contributed by atoms with Crippen LogP contribution in [0.1, 0.15) is 32.0 Å². The first kappa shape index (κ1) is 21.9. The van der Waals surface area contributed by atoms with Crippen molar-refractivity contribution < 1.29 is 18.3 Å². The number of rotatable bonds is 3. The molecule has 0 fully saturated rings. The molecular formula is C22H22F2N4O3S. The van der Waals surface area contributed by atoms with E-state index in [2.05, 4.69) is 10.1 Å². The lowest BCUT2D eigenvalue weighted by Gasteiger charge is -2.30. The van der Waals surface area contributed by atoms with Crippen LogP contribution in [-0.4, -0.2) is 37.9 Å². The summed E-state index contributed by atoms with van der Waals surface area (Å²) in [5.74, 6) is -0.796. The van der Waals surface area contributed by atoms with E-state index < -0.39 is 17.5 Å². The second-order valence-electron chi connectivity index (χ2n) is 8.37. The Balaban J connectivity index is 1.75. The number of hydrogen-bond donors (Lipinski definition) is 1. The van der Waals surface area contributed by atoms with Gasteiger partial charge < -0.3 is 14.6 Å². The van der Waals surface area contributed by atoms with Crippen molar-refractivity contribution in [2.75, 3.05) is 6.54 Å². The number of halogens is 2. The van der Waals surface area contributed by atoms with Gasteiger partial charge in [-0.1, -0.05) is 0 Å². The molecule has 0 aromatic carbocycles. The first-order chi connectivity index (χ1) is 15.2. The standard InChI is InChI=1S/C22H22F2N4O3S/c1-22(2,3)31-21(30)27-7-8-28-14(12-27)11-17(26-28)18-16(10-13(24)4-6-23)19-15(5-9-32-19)20(29)25-18/h4-6,9-11H,7-8,12H2,1-3H3,(H,25,29)/b6-4+,13-10?. The predicted octanol–water partition coefficient (Wildman–Crippen LogP) is 5.00. The van der Waals surface area contributed by atoms with Gasteiger partial charge in [0.05, 0.1) is 36.2 Å². The molecule has 0 saturated carbocycles. The van der Waals surface area contributed by atoms with Gasteiger partial charge >= 0.3 is 6.09 Å². The van der Waals surface area contributed by atoms with Crippen LogP contribution in [0.25, 0.3) is 27.6 Å². The highest BCUT2D eigenvalue weighted by atomic mass is 32.1.